The van der Waals surface area contributed by atoms with Crippen molar-refractivity contribution in [1.82, 2.24) is 29.7 Å². The fourth-order valence-corrected chi connectivity index (χ4v) is 9.09. The Hall–Kier alpha value is -7.72. The van der Waals surface area contributed by atoms with E-state index in [4.69, 9.17) is 23.2 Å². The molecule has 4 heterocycles. The number of thiophene rings is 2. The van der Waals surface area contributed by atoms with Gasteiger partial charge in [-0.3, -0.25) is 19.2 Å². The predicted octanol–water partition coefficient (Wildman–Crippen LogP) is 6.78. The first-order chi connectivity index (χ1) is 32.4. The summed E-state index contributed by atoms with van der Waals surface area (Å²) in [6, 6.07) is 19.4. The molecule has 0 radical (unpaired) electrons. The standard InChI is InChI=1S/C23H17ClFN3O5S.C22H16ClFN4O5S/c1-2-11-9-14-16(10-15(11)25)26-23(33)28(21(14)30)13-5-3-12(4-6-13)20(29)27-19(22(31)32)17-7-8-18(24)34-17;1-25-15-8-12-14(9-13(15)24)26-22(33)28(20(12)30)11-4-2-10(3-5-11)19(29)27-18(21(31)32)16-6-7-17(23)34-16/h3-10,19H,2H2,1H3,(H,26,33)(H,27,29)(H,31,32);2-9,18,25H,1H3,(H,26,33)(H,27,29)(H,31,32). The number of aromatic amines is 2. The minimum atomic E-state index is -1.29. The number of fused-ring (bicyclic) bond motifs is 2. The Balaban J connectivity index is 0.000000201. The van der Waals surface area contributed by atoms with Crippen LogP contribution in [-0.4, -0.2) is 60.1 Å². The number of nitrogens with one attached hydrogen (secondary N) is 5. The van der Waals surface area contributed by atoms with Crippen molar-refractivity contribution in [3.8, 4) is 11.4 Å². The molecular weight excluding hydrogens is 972 g/mol. The zero-order chi connectivity index (χ0) is 49.1. The topological polar surface area (TPSA) is 255 Å². The first-order valence-electron chi connectivity index (χ1n) is 19.8. The number of halogens is 4. The summed E-state index contributed by atoms with van der Waals surface area (Å²) in [4.78, 5) is 105. The van der Waals surface area contributed by atoms with Crippen LogP contribution in [0.3, 0.4) is 0 Å². The second-order valence-electron chi connectivity index (χ2n) is 14.5. The Kier molecular flexibility index (Phi) is 14.2. The summed E-state index contributed by atoms with van der Waals surface area (Å²) >= 11 is 13.8. The number of carbonyl (C=O) groups is 4. The van der Waals surface area contributed by atoms with E-state index in [-0.39, 0.29) is 50.0 Å². The van der Waals surface area contributed by atoms with Gasteiger partial charge in [0.1, 0.15) is 11.6 Å². The monoisotopic (exact) mass is 1000 g/mol. The number of carboxylic acids is 2. The molecule has 17 nitrogen and oxygen atoms in total. The molecule has 0 bridgehead atoms. The molecule has 0 aliphatic carbocycles. The molecule has 0 aliphatic heterocycles. The molecule has 0 fully saturated rings. The molecule has 0 aliphatic rings. The van der Waals surface area contributed by atoms with Gasteiger partial charge in [-0.2, -0.15) is 0 Å². The van der Waals surface area contributed by atoms with Crippen LogP contribution in [0.2, 0.25) is 8.67 Å². The third-order valence-electron chi connectivity index (χ3n) is 10.3. The zero-order valence-corrected chi connectivity index (χ0v) is 38.1. The van der Waals surface area contributed by atoms with E-state index in [1.165, 1.54) is 92.0 Å². The summed E-state index contributed by atoms with van der Waals surface area (Å²) in [5.74, 6) is -4.97. The number of anilines is 1. The lowest BCUT2D eigenvalue weighted by molar-refractivity contribution is -0.140. The smallest absolute Gasteiger partial charge is 0.333 e. The van der Waals surface area contributed by atoms with E-state index in [9.17, 15) is 57.4 Å². The van der Waals surface area contributed by atoms with Crippen LogP contribution in [-0.2, 0) is 16.0 Å². The predicted molar refractivity (Wildman–Crippen MR) is 254 cm³/mol. The quantitative estimate of drug-likeness (QED) is 0.0671. The number of hydrogen-bond donors (Lipinski definition) is 7. The van der Waals surface area contributed by atoms with Crippen LogP contribution in [0.1, 0.15) is 55.0 Å². The Morgan fingerprint density at radius 3 is 1.41 bits per heavy atom. The normalized spacial score (nSPS) is 11.9. The van der Waals surface area contributed by atoms with Gasteiger partial charge in [0.2, 0.25) is 0 Å². The Bertz CT molecular complexity index is 3320. The highest BCUT2D eigenvalue weighted by Gasteiger charge is 2.26. The summed E-state index contributed by atoms with van der Waals surface area (Å²) in [5, 5.41) is 26.7. The number of benzene rings is 4. The van der Waals surface area contributed by atoms with Crippen LogP contribution >= 0.6 is 45.9 Å². The number of rotatable bonds is 12. The van der Waals surface area contributed by atoms with Crippen LogP contribution in [0.15, 0.2) is 116 Å². The number of carboxylic acid groups (broad SMARTS) is 2. The van der Waals surface area contributed by atoms with Gasteiger partial charge < -0.3 is 36.1 Å². The molecule has 7 N–H and O–H groups in total. The molecule has 2 amide bonds. The maximum atomic E-state index is 14.1. The van der Waals surface area contributed by atoms with Gasteiger partial charge in [0, 0.05) is 34.0 Å². The Labute approximate surface area is 397 Å². The van der Waals surface area contributed by atoms with Crippen molar-refractivity contribution in [1.29, 1.82) is 0 Å². The third-order valence-corrected chi connectivity index (χ3v) is 12.9. The highest BCUT2D eigenvalue weighted by Crippen LogP contribution is 2.29. The molecule has 0 saturated heterocycles. The number of aromatic nitrogens is 4. The number of amides is 2. The van der Waals surface area contributed by atoms with E-state index in [1.54, 1.807) is 6.92 Å². The second kappa shape index (κ2) is 20.0. The van der Waals surface area contributed by atoms with E-state index >= 15 is 0 Å². The van der Waals surface area contributed by atoms with Crippen molar-refractivity contribution >= 4 is 97.1 Å². The lowest BCUT2D eigenvalue weighted by atomic mass is 10.1. The van der Waals surface area contributed by atoms with Crippen molar-refractivity contribution in [3.05, 3.63) is 185 Å². The lowest BCUT2D eigenvalue weighted by Gasteiger charge is -2.13. The summed E-state index contributed by atoms with van der Waals surface area (Å²) in [6.45, 7) is 1.75. The molecule has 2 unspecified atom stereocenters. The van der Waals surface area contributed by atoms with E-state index < -0.39 is 70.0 Å². The first-order valence-corrected chi connectivity index (χ1v) is 22.2. The van der Waals surface area contributed by atoms with Crippen LogP contribution < -0.4 is 38.4 Å². The lowest BCUT2D eigenvalue weighted by Crippen LogP contribution is -2.34. The highest BCUT2D eigenvalue weighted by atomic mass is 35.5. The van der Waals surface area contributed by atoms with Gasteiger partial charge in [0.05, 0.1) is 47.5 Å². The highest BCUT2D eigenvalue weighted by molar-refractivity contribution is 7.16. The van der Waals surface area contributed by atoms with Gasteiger partial charge in [0.15, 0.2) is 12.1 Å². The number of carbonyl (C=O) groups excluding carboxylic acids is 2. The van der Waals surface area contributed by atoms with E-state index in [1.807, 2.05) is 0 Å². The molecule has 68 heavy (non-hydrogen) atoms. The first kappa shape index (κ1) is 48.2. The van der Waals surface area contributed by atoms with Gasteiger partial charge in [-0.25, -0.2) is 37.1 Å². The molecule has 0 saturated carbocycles. The van der Waals surface area contributed by atoms with Crippen LogP contribution in [0.25, 0.3) is 33.2 Å². The summed E-state index contributed by atoms with van der Waals surface area (Å²) in [5.41, 5.74) is -1.69. The fourth-order valence-electron chi connectivity index (χ4n) is 6.88. The molecule has 0 spiro atoms. The summed E-state index contributed by atoms with van der Waals surface area (Å²) in [6.07, 6.45) is 0.374. The van der Waals surface area contributed by atoms with Gasteiger partial charge in [-0.15, -0.1) is 22.7 Å². The van der Waals surface area contributed by atoms with Crippen LogP contribution in [0.4, 0.5) is 14.5 Å². The van der Waals surface area contributed by atoms with E-state index in [0.717, 1.165) is 43.9 Å². The molecule has 8 aromatic rings. The number of H-pyrrole nitrogens is 2. The third kappa shape index (κ3) is 10.0. The zero-order valence-electron chi connectivity index (χ0n) is 35.0. The van der Waals surface area contributed by atoms with Gasteiger partial charge >= 0.3 is 23.3 Å². The molecule has 8 rings (SSSR count). The van der Waals surface area contributed by atoms with Gasteiger partial charge in [-0.05, 0) is 103 Å². The minimum Gasteiger partial charge on any atom is -0.479 e. The Morgan fingerprint density at radius 1 is 0.632 bits per heavy atom. The molecule has 4 aromatic heterocycles. The molecule has 2 atom stereocenters. The van der Waals surface area contributed by atoms with Crippen LogP contribution in [0, 0.1) is 11.6 Å². The van der Waals surface area contributed by atoms with Crippen molar-refractivity contribution in [2.45, 2.75) is 25.4 Å². The number of nitrogens with zero attached hydrogens (tertiary/aromatic N) is 2. The van der Waals surface area contributed by atoms with Crippen molar-refractivity contribution in [2.24, 2.45) is 0 Å². The molecule has 348 valence electrons. The molecule has 4 aromatic carbocycles. The summed E-state index contributed by atoms with van der Waals surface area (Å²) < 4.78 is 30.6. The Morgan fingerprint density at radius 2 is 1.04 bits per heavy atom. The van der Waals surface area contributed by atoms with Crippen molar-refractivity contribution in [2.75, 3.05) is 12.4 Å². The van der Waals surface area contributed by atoms with E-state index in [2.05, 4.69) is 25.9 Å². The summed E-state index contributed by atoms with van der Waals surface area (Å²) in [7, 11) is 1.50. The largest absolute Gasteiger partial charge is 0.479 e. The average Bonchev–Trinajstić information content (AvgIpc) is 3.94. The van der Waals surface area contributed by atoms with Crippen molar-refractivity contribution in [3.63, 3.8) is 0 Å². The number of aryl methyl sites for hydroxylation is 1. The SMILES string of the molecule is CCc1cc2c(=O)n(-c3ccc(C(=O)NC(C(=O)O)c4ccc(Cl)s4)cc3)c(=O)[nH]c2cc1F.CNc1cc2c(=O)n(-c3ccc(C(=O)NC(C(=O)O)c4ccc(Cl)s4)cc3)c(=O)[nH]c2cc1F. The number of aliphatic carboxylic acids is 2. The number of hydrogen-bond acceptors (Lipinski definition) is 11. The minimum absolute atomic E-state index is 0.0483. The van der Waals surface area contributed by atoms with Crippen LogP contribution in [0.5, 0.6) is 0 Å². The van der Waals surface area contributed by atoms with Crippen molar-refractivity contribution < 1.29 is 38.2 Å². The molecular formula is C45H33Cl2F2N7O10S2. The van der Waals surface area contributed by atoms with Gasteiger partial charge in [0.25, 0.3) is 22.9 Å². The van der Waals surface area contributed by atoms with E-state index in [0.29, 0.717) is 30.4 Å². The van der Waals surface area contributed by atoms with Gasteiger partial charge in [-0.1, -0.05) is 30.1 Å². The maximum Gasteiger partial charge on any atom is 0.333 e. The molecule has 23 heteroatoms. The second-order valence-corrected chi connectivity index (χ2v) is 18.0. The average molecular weight is 1000 g/mol. The fraction of sp³-hybridized carbons (Fsp3) is 0.111. The maximum absolute atomic E-state index is 14.1.